The van der Waals surface area contributed by atoms with Gasteiger partial charge in [-0.05, 0) is 30.3 Å². The Morgan fingerprint density at radius 1 is 1.32 bits per heavy atom. The summed E-state index contributed by atoms with van der Waals surface area (Å²) in [5, 5.41) is 6.77. The van der Waals surface area contributed by atoms with E-state index < -0.39 is 0 Å². The molecule has 1 rings (SSSR count). The quantitative estimate of drug-likeness (QED) is 0.590. The lowest BCUT2D eigenvalue weighted by Gasteiger charge is -2.13. The first-order chi connectivity index (χ1) is 9.22. The van der Waals surface area contributed by atoms with E-state index in [0.29, 0.717) is 11.7 Å². The fourth-order valence-corrected chi connectivity index (χ4v) is 1.87. The predicted octanol–water partition coefficient (Wildman–Crippen LogP) is 1.90. The molecule has 0 spiro atoms. The van der Waals surface area contributed by atoms with Crippen molar-refractivity contribution in [3.05, 3.63) is 36.4 Å². The summed E-state index contributed by atoms with van der Waals surface area (Å²) in [7, 11) is 3.28. The Bertz CT molecular complexity index is 435. The molecule has 0 radical (unpaired) electrons. The Morgan fingerprint density at radius 3 is 2.74 bits per heavy atom. The molecule has 104 valence electrons. The van der Waals surface area contributed by atoms with Gasteiger partial charge in [-0.1, -0.05) is 18.2 Å². The van der Waals surface area contributed by atoms with Crippen LogP contribution in [0, 0.1) is 0 Å². The molecule has 1 aromatic rings. The van der Waals surface area contributed by atoms with E-state index in [1.165, 1.54) is 0 Å². The van der Waals surface area contributed by atoms with Gasteiger partial charge in [0.1, 0.15) is 0 Å². The number of para-hydroxylation sites is 1. The van der Waals surface area contributed by atoms with Crippen molar-refractivity contribution in [3.63, 3.8) is 0 Å². The molecule has 0 amide bonds. The standard InChI is InChI=1S/C14H20N2O2S/c1-4-9-15-14(19)16-10-8-11-6-5-7-12(17-2)13(11)18-3/h4-7H,1,8-10H2,2-3H3,(H2,15,16,19). The van der Waals surface area contributed by atoms with E-state index in [1.807, 2.05) is 18.2 Å². The van der Waals surface area contributed by atoms with E-state index in [-0.39, 0.29) is 0 Å². The maximum atomic E-state index is 5.38. The molecular formula is C14H20N2O2S. The number of hydrogen-bond donors (Lipinski definition) is 2. The normalized spacial score (nSPS) is 9.58. The maximum Gasteiger partial charge on any atom is 0.166 e. The van der Waals surface area contributed by atoms with Gasteiger partial charge in [-0.15, -0.1) is 6.58 Å². The second-order valence-corrected chi connectivity index (χ2v) is 4.24. The van der Waals surface area contributed by atoms with Gasteiger partial charge in [-0.2, -0.15) is 0 Å². The van der Waals surface area contributed by atoms with Crippen LogP contribution < -0.4 is 20.1 Å². The van der Waals surface area contributed by atoms with E-state index >= 15 is 0 Å². The summed E-state index contributed by atoms with van der Waals surface area (Å²) in [5.41, 5.74) is 1.08. The summed E-state index contributed by atoms with van der Waals surface area (Å²) in [5.74, 6) is 1.52. The number of rotatable bonds is 7. The van der Waals surface area contributed by atoms with Gasteiger partial charge in [0, 0.05) is 13.1 Å². The molecule has 5 heteroatoms. The molecular weight excluding hydrogens is 260 g/mol. The zero-order valence-electron chi connectivity index (χ0n) is 11.4. The molecule has 0 aliphatic carbocycles. The van der Waals surface area contributed by atoms with Crippen LogP contribution in [0.4, 0.5) is 0 Å². The van der Waals surface area contributed by atoms with Crippen molar-refractivity contribution >= 4 is 17.3 Å². The van der Waals surface area contributed by atoms with Crippen LogP contribution in [0.1, 0.15) is 5.56 Å². The topological polar surface area (TPSA) is 42.5 Å². The Hall–Kier alpha value is -1.75. The minimum Gasteiger partial charge on any atom is -0.493 e. The van der Waals surface area contributed by atoms with Crippen LogP contribution in [0.25, 0.3) is 0 Å². The molecule has 0 fully saturated rings. The molecule has 4 nitrogen and oxygen atoms in total. The van der Waals surface area contributed by atoms with E-state index in [1.54, 1.807) is 20.3 Å². The van der Waals surface area contributed by atoms with Crippen LogP contribution in [0.3, 0.4) is 0 Å². The molecule has 0 aromatic heterocycles. The number of thiocarbonyl (C=S) groups is 1. The van der Waals surface area contributed by atoms with Crippen molar-refractivity contribution < 1.29 is 9.47 Å². The van der Waals surface area contributed by atoms with E-state index in [0.717, 1.165) is 30.0 Å². The van der Waals surface area contributed by atoms with Crippen LogP contribution in [0.5, 0.6) is 11.5 Å². The predicted molar refractivity (Wildman–Crippen MR) is 82.1 cm³/mol. The zero-order chi connectivity index (χ0) is 14.1. The van der Waals surface area contributed by atoms with Crippen LogP contribution in [-0.4, -0.2) is 32.4 Å². The molecule has 0 aliphatic heterocycles. The molecule has 2 N–H and O–H groups in total. The fraction of sp³-hybridized carbons (Fsp3) is 0.357. The minimum atomic E-state index is 0.627. The largest absolute Gasteiger partial charge is 0.493 e. The molecule has 0 unspecified atom stereocenters. The first kappa shape index (κ1) is 15.3. The third-order valence-electron chi connectivity index (χ3n) is 2.57. The highest BCUT2D eigenvalue weighted by Crippen LogP contribution is 2.30. The average Bonchev–Trinajstić information content (AvgIpc) is 2.44. The lowest BCUT2D eigenvalue weighted by molar-refractivity contribution is 0.351. The van der Waals surface area contributed by atoms with Crippen molar-refractivity contribution in [3.8, 4) is 11.5 Å². The highest BCUT2D eigenvalue weighted by atomic mass is 32.1. The molecule has 0 heterocycles. The van der Waals surface area contributed by atoms with Gasteiger partial charge in [0.15, 0.2) is 16.6 Å². The smallest absolute Gasteiger partial charge is 0.166 e. The number of benzene rings is 1. The summed E-state index contributed by atoms with van der Waals surface area (Å²) in [6, 6.07) is 5.85. The highest BCUT2D eigenvalue weighted by Gasteiger charge is 2.08. The Balaban J connectivity index is 2.53. The summed E-state index contributed by atoms with van der Waals surface area (Å²) < 4.78 is 10.6. The number of hydrogen-bond acceptors (Lipinski definition) is 3. The van der Waals surface area contributed by atoms with Crippen LogP contribution in [0.15, 0.2) is 30.9 Å². The van der Waals surface area contributed by atoms with Crippen molar-refractivity contribution in [2.75, 3.05) is 27.3 Å². The summed E-state index contributed by atoms with van der Waals surface area (Å²) in [6.45, 7) is 5.01. The van der Waals surface area contributed by atoms with Crippen LogP contribution in [0.2, 0.25) is 0 Å². The van der Waals surface area contributed by atoms with E-state index in [2.05, 4.69) is 17.2 Å². The highest BCUT2D eigenvalue weighted by molar-refractivity contribution is 7.80. The third kappa shape index (κ3) is 4.79. The molecule has 0 atom stereocenters. The lowest BCUT2D eigenvalue weighted by Crippen LogP contribution is -2.36. The number of nitrogens with one attached hydrogen (secondary N) is 2. The van der Waals surface area contributed by atoms with Gasteiger partial charge >= 0.3 is 0 Å². The Morgan fingerprint density at radius 2 is 2.11 bits per heavy atom. The average molecular weight is 280 g/mol. The fourth-order valence-electron chi connectivity index (χ4n) is 1.69. The first-order valence-corrected chi connectivity index (χ1v) is 6.46. The van der Waals surface area contributed by atoms with Gasteiger partial charge in [-0.3, -0.25) is 0 Å². The molecule has 1 aromatic carbocycles. The van der Waals surface area contributed by atoms with Gasteiger partial charge in [0.05, 0.1) is 14.2 Å². The van der Waals surface area contributed by atoms with Crippen molar-refractivity contribution in [1.29, 1.82) is 0 Å². The monoisotopic (exact) mass is 280 g/mol. The lowest BCUT2D eigenvalue weighted by atomic mass is 10.1. The summed E-state index contributed by atoms with van der Waals surface area (Å²) in [4.78, 5) is 0. The van der Waals surface area contributed by atoms with Gasteiger partial charge in [0.2, 0.25) is 0 Å². The zero-order valence-corrected chi connectivity index (χ0v) is 12.2. The molecule has 0 bridgehead atoms. The summed E-state index contributed by atoms with van der Waals surface area (Å²) >= 11 is 5.12. The second-order valence-electron chi connectivity index (χ2n) is 3.83. The van der Waals surface area contributed by atoms with Crippen molar-refractivity contribution in [2.24, 2.45) is 0 Å². The number of ether oxygens (including phenoxy) is 2. The van der Waals surface area contributed by atoms with E-state index in [4.69, 9.17) is 21.7 Å². The third-order valence-corrected chi connectivity index (χ3v) is 2.86. The minimum absolute atomic E-state index is 0.627. The SMILES string of the molecule is C=CCNC(=S)NCCc1cccc(OC)c1OC. The Labute approximate surface area is 119 Å². The van der Waals surface area contributed by atoms with Gasteiger partial charge < -0.3 is 20.1 Å². The molecule has 19 heavy (non-hydrogen) atoms. The van der Waals surface area contributed by atoms with Crippen molar-refractivity contribution in [1.82, 2.24) is 10.6 Å². The van der Waals surface area contributed by atoms with Crippen LogP contribution >= 0.6 is 12.2 Å². The van der Waals surface area contributed by atoms with Crippen molar-refractivity contribution in [2.45, 2.75) is 6.42 Å². The first-order valence-electron chi connectivity index (χ1n) is 6.05. The van der Waals surface area contributed by atoms with Gasteiger partial charge in [-0.25, -0.2) is 0 Å². The Kier molecular flexibility index (Phi) is 6.74. The number of methoxy groups -OCH3 is 2. The molecule has 0 saturated heterocycles. The van der Waals surface area contributed by atoms with Crippen LogP contribution in [-0.2, 0) is 6.42 Å². The maximum absolute atomic E-state index is 5.38. The summed E-state index contributed by atoms with van der Waals surface area (Å²) in [6.07, 6.45) is 2.56. The molecule has 0 saturated carbocycles. The second kappa shape index (κ2) is 8.37. The van der Waals surface area contributed by atoms with Gasteiger partial charge in [0.25, 0.3) is 0 Å². The van der Waals surface area contributed by atoms with E-state index in [9.17, 15) is 0 Å². The molecule has 0 aliphatic rings.